The average molecular weight is 552 g/mol. The number of sulfone groups is 1. The largest absolute Gasteiger partial charge is 0.377 e. The number of aromatic nitrogens is 4. The fourth-order valence-electron chi connectivity index (χ4n) is 5.36. The molecule has 2 saturated heterocycles. The predicted octanol–water partition coefficient (Wildman–Crippen LogP) is 4.63. The molecule has 0 bridgehead atoms. The molecule has 0 N–H and O–H groups in total. The number of hydrogen-bond donors (Lipinski definition) is 0. The molecule has 0 amide bonds. The van der Waals surface area contributed by atoms with E-state index in [0.29, 0.717) is 59.9 Å². The zero-order valence-corrected chi connectivity index (χ0v) is 22.7. The lowest BCUT2D eigenvalue weighted by Gasteiger charge is -2.34. The molecule has 0 radical (unpaired) electrons. The maximum absolute atomic E-state index is 15.6. The van der Waals surface area contributed by atoms with Gasteiger partial charge < -0.3 is 14.4 Å². The van der Waals surface area contributed by atoms with Crippen LogP contribution >= 0.6 is 0 Å². The third-order valence-electron chi connectivity index (χ3n) is 7.38. The summed E-state index contributed by atoms with van der Waals surface area (Å²) < 4.78 is 53.2. The van der Waals surface area contributed by atoms with Crippen LogP contribution in [0.4, 0.5) is 10.2 Å². The minimum atomic E-state index is -3.56. The van der Waals surface area contributed by atoms with Crippen molar-refractivity contribution in [3.63, 3.8) is 0 Å². The molecule has 2 atom stereocenters. The second-order valence-electron chi connectivity index (χ2n) is 10.1. The van der Waals surface area contributed by atoms with Gasteiger partial charge in [0, 0.05) is 42.8 Å². The van der Waals surface area contributed by atoms with Crippen LogP contribution in [0.2, 0.25) is 0 Å². The maximum Gasteiger partial charge on any atom is 0.175 e. The number of fused-ring (bicyclic) bond motifs is 1. The highest BCUT2D eigenvalue weighted by Crippen LogP contribution is 2.38. The summed E-state index contributed by atoms with van der Waals surface area (Å²) in [4.78, 5) is 11.9. The van der Waals surface area contributed by atoms with E-state index in [4.69, 9.17) is 19.4 Å². The first-order valence-corrected chi connectivity index (χ1v) is 15.0. The molecule has 2 fully saturated rings. The number of rotatable bonds is 5. The first-order valence-electron chi connectivity index (χ1n) is 13.1. The summed E-state index contributed by atoms with van der Waals surface area (Å²) in [6, 6.07) is 9.68. The Morgan fingerprint density at radius 1 is 1.05 bits per heavy atom. The van der Waals surface area contributed by atoms with E-state index in [1.165, 1.54) is 12.1 Å². The van der Waals surface area contributed by atoms with Gasteiger partial charge in [-0.2, -0.15) is 5.10 Å². The molecule has 3 aromatic heterocycles. The Morgan fingerprint density at radius 2 is 1.92 bits per heavy atom. The zero-order chi connectivity index (χ0) is 27.1. The summed E-state index contributed by atoms with van der Waals surface area (Å²) >= 11 is 0. The number of nitrogens with zero attached hydrogens (tertiary/aromatic N) is 5. The van der Waals surface area contributed by atoms with Gasteiger partial charge in [-0.1, -0.05) is 6.07 Å². The highest BCUT2D eigenvalue weighted by Gasteiger charge is 2.26. The molecule has 39 heavy (non-hydrogen) atoms. The second-order valence-corrected chi connectivity index (χ2v) is 12.1. The molecule has 0 spiro atoms. The van der Waals surface area contributed by atoms with E-state index in [1.807, 2.05) is 22.9 Å². The minimum Gasteiger partial charge on any atom is -0.377 e. The van der Waals surface area contributed by atoms with Gasteiger partial charge in [0.1, 0.15) is 22.8 Å². The third-order valence-corrected chi connectivity index (χ3v) is 8.49. The van der Waals surface area contributed by atoms with Crippen molar-refractivity contribution in [2.45, 2.75) is 43.4 Å². The van der Waals surface area contributed by atoms with Crippen molar-refractivity contribution in [2.75, 3.05) is 37.5 Å². The van der Waals surface area contributed by atoms with E-state index in [1.54, 1.807) is 12.4 Å². The zero-order valence-electron chi connectivity index (χ0n) is 21.9. The van der Waals surface area contributed by atoms with Crippen LogP contribution in [0.5, 0.6) is 0 Å². The van der Waals surface area contributed by atoms with Crippen molar-refractivity contribution < 1.29 is 22.3 Å². The van der Waals surface area contributed by atoms with Crippen LogP contribution in [0, 0.1) is 5.82 Å². The van der Waals surface area contributed by atoms with Crippen molar-refractivity contribution in [3.8, 4) is 22.5 Å². The number of benzene rings is 1. The van der Waals surface area contributed by atoms with E-state index in [-0.39, 0.29) is 17.2 Å². The normalized spacial score (nSPS) is 20.4. The first-order chi connectivity index (χ1) is 18.8. The highest BCUT2D eigenvalue weighted by molar-refractivity contribution is 7.90. The Balaban J connectivity index is 1.58. The molecule has 204 valence electrons. The molecule has 1 unspecified atom stereocenters. The molecular weight excluding hydrogens is 521 g/mol. The van der Waals surface area contributed by atoms with Gasteiger partial charge in [0.15, 0.2) is 16.1 Å². The Bertz CT molecular complexity index is 1630. The summed E-state index contributed by atoms with van der Waals surface area (Å²) in [7, 11) is -3.56. The monoisotopic (exact) mass is 551 g/mol. The van der Waals surface area contributed by atoms with Gasteiger partial charge in [-0.3, -0.25) is 4.98 Å². The summed E-state index contributed by atoms with van der Waals surface area (Å²) in [6.45, 7) is 4.49. The Labute approximate surface area is 226 Å². The van der Waals surface area contributed by atoms with Gasteiger partial charge >= 0.3 is 0 Å². The van der Waals surface area contributed by atoms with Gasteiger partial charge in [0.25, 0.3) is 0 Å². The van der Waals surface area contributed by atoms with E-state index in [9.17, 15) is 8.42 Å². The Kier molecular flexibility index (Phi) is 6.82. The van der Waals surface area contributed by atoms with Crippen molar-refractivity contribution in [2.24, 2.45) is 0 Å². The van der Waals surface area contributed by atoms with Gasteiger partial charge in [-0.05, 0) is 62.1 Å². The summed E-state index contributed by atoms with van der Waals surface area (Å²) in [5.41, 5.74) is 2.89. The van der Waals surface area contributed by atoms with Crippen molar-refractivity contribution in [1.29, 1.82) is 0 Å². The van der Waals surface area contributed by atoms with Gasteiger partial charge in [0.2, 0.25) is 0 Å². The van der Waals surface area contributed by atoms with E-state index in [0.717, 1.165) is 37.3 Å². The molecule has 0 aliphatic carbocycles. The molecule has 0 saturated carbocycles. The number of anilines is 1. The standard InChI is InChI=1S/C28H30FN5O4S/c1-18-17-37-14-12-33(18)25-16-22(20-7-6-19(15-23(20)29)39(2,35)36)21-8-10-30-28(27(21)32-25)24-9-11-31-34(24)26-5-3-4-13-38-26/h6-11,15-16,18,26H,3-5,12-14,17H2,1-2H3/t18-,26?/m1/s1. The van der Waals surface area contributed by atoms with E-state index < -0.39 is 15.7 Å². The fourth-order valence-corrected chi connectivity index (χ4v) is 5.99. The predicted molar refractivity (Wildman–Crippen MR) is 146 cm³/mol. The third kappa shape index (κ3) is 4.90. The fraction of sp³-hybridized carbons (Fsp3) is 0.393. The van der Waals surface area contributed by atoms with Crippen LogP contribution in [-0.4, -0.2) is 66.8 Å². The van der Waals surface area contributed by atoms with Crippen LogP contribution in [0.3, 0.4) is 0 Å². The second kappa shape index (κ2) is 10.3. The van der Waals surface area contributed by atoms with Gasteiger partial charge in [0.05, 0.1) is 29.8 Å². The molecule has 2 aliphatic heterocycles. The number of halogens is 1. The SMILES string of the molecule is C[C@@H]1COCCN1c1cc(-c2ccc(S(C)(=O)=O)cc2F)c2ccnc(-c3ccnn3C3CCCCO3)c2n1. The summed E-state index contributed by atoms with van der Waals surface area (Å²) in [5, 5.41) is 5.26. The van der Waals surface area contributed by atoms with E-state index in [2.05, 4.69) is 16.9 Å². The molecule has 5 heterocycles. The topological polar surface area (TPSA) is 99.4 Å². The number of pyridine rings is 2. The first kappa shape index (κ1) is 25.8. The number of morpholine rings is 1. The van der Waals surface area contributed by atoms with Crippen LogP contribution < -0.4 is 4.90 Å². The minimum absolute atomic E-state index is 0.0651. The van der Waals surface area contributed by atoms with Crippen molar-refractivity contribution in [1.82, 2.24) is 19.7 Å². The molecule has 1 aromatic carbocycles. The summed E-state index contributed by atoms with van der Waals surface area (Å²) in [6.07, 6.45) is 7.22. The van der Waals surface area contributed by atoms with Crippen molar-refractivity contribution in [3.05, 3.63) is 54.6 Å². The number of ether oxygens (including phenoxy) is 2. The lowest BCUT2D eigenvalue weighted by molar-refractivity contribution is -0.0383. The maximum atomic E-state index is 15.6. The molecule has 11 heteroatoms. The van der Waals surface area contributed by atoms with Crippen LogP contribution in [0.1, 0.15) is 32.4 Å². The van der Waals surface area contributed by atoms with Gasteiger partial charge in [-0.25, -0.2) is 22.5 Å². The van der Waals surface area contributed by atoms with Crippen LogP contribution in [0.15, 0.2) is 53.7 Å². The summed E-state index contributed by atoms with van der Waals surface area (Å²) in [5.74, 6) is 0.0551. The Morgan fingerprint density at radius 3 is 2.67 bits per heavy atom. The quantitative estimate of drug-likeness (QED) is 0.354. The molecule has 6 rings (SSSR count). The lowest BCUT2D eigenvalue weighted by Crippen LogP contribution is -2.44. The highest BCUT2D eigenvalue weighted by atomic mass is 32.2. The average Bonchev–Trinajstić information content (AvgIpc) is 3.42. The van der Waals surface area contributed by atoms with Gasteiger partial charge in [-0.15, -0.1) is 0 Å². The van der Waals surface area contributed by atoms with Crippen LogP contribution in [0.25, 0.3) is 33.4 Å². The van der Waals surface area contributed by atoms with Crippen molar-refractivity contribution >= 4 is 26.6 Å². The van der Waals surface area contributed by atoms with Crippen LogP contribution in [-0.2, 0) is 19.3 Å². The Hall–Kier alpha value is -3.41. The van der Waals surface area contributed by atoms with E-state index >= 15 is 4.39 Å². The molecule has 4 aromatic rings. The lowest BCUT2D eigenvalue weighted by atomic mass is 9.99. The smallest absolute Gasteiger partial charge is 0.175 e. The number of hydrogen-bond acceptors (Lipinski definition) is 8. The molecular formula is C28H30FN5O4S. The molecule has 9 nitrogen and oxygen atoms in total. The molecule has 2 aliphatic rings.